The molecule has 0 aliphatic carbocycles. The van der Waals surface area contributed by atoms with Gasteiger partial charge in [0.25, 0.3) is 6.43 Å². The molecule has 0 fully saturated rings. The van der Waals surface area contributed by atoms with Gasteiger partial charge in [0.2, 0.25) is 0 Å². The summed E-state index contributed by atoms with van der Waals surface area (Å²) >= 11 is 1.37. The molecule has 0 saturated heterocycles. The van der Waals surface area contributed by atoms with Crippen LogP contribution in [0.5, 0.6) is 0 Å². The summed E-state index contributed by atoms with van der Waals surface area (Å²) in [6.45, 7) is 3.16. The summed E-state index contributed by atoms with van der Waals surface area (Å²) < 4.78 is 24.8. The molecule has 1 rings (SSSR count). The molecule has 0 aliphatic rings. The Morgan fingerprint density at radius 1 is 1.69 bits per heavy atom. The van der Waals surface area contributed by atoms with Crippen LogP contribution in [0.15, 0.2) is 5.51 Å². The van der Waals surface area contributed by atoms with Crippen LogP contribution < -0.4 is 5.73 Å². The molecule has 2 N–H and O–H groups in total. The fraction of sp³-hybridized carbons (Fsp3) is 0.625. The smallest absolute Gasteiger partial charge is 0.256 e. The molecule has 2 nitrogen and oxygen atoms in total. The number of alkyl halides is 2. The van der Waals surface area contributed by atoms with Crippen molar-refractivity contribution in [2.75, 3.05) is 0 Å². The highest BCUT2D eigenvalue weighted by atomic mass is 32.1. The van der Waals surface area contributed by atoms with Crippen LogP contribution in [-0.4, -0.2) is 16.9 Å². The Labute approximate surface area is 79.8 Å². The highest BCUT2D eigenvalue weighted by Gasteiger charge is 2.31. The van der Waals surface area contributed by atoms with E-state index in [1.807, 2.05) is 0 Å². The SMILES string of the molecule is Cc1ncsc1CC(C)(N)C(F)F. The van der Waals surface area contributed by atoms with Gasteiger partial charge in [-0.25, -0.2) is 13.8 Å². The molecule has 0 aromatic carbocycles. The summed E-state index contributed by atoms with van der Waals surface area (Å²) in [4.78, 5) is 4.82. The lowest BCUT2D eigenvalue weighted by Crippen LogP contribution is -2.45. The number of hydrogen-bond acceptors (Lipinski definition) is 3. The van der Waals surface area contributed by atoms with E-state index in [1.54, 1.807) is 12.4 Å². The van der Waals surface area contributed by atoms with Crippen LogP contribution in [0.4, 0.5) is 8.78 Å². The molecular formula is C8H12F2N2S. The Morgan fingerprint density at radius 2 is 2.31 bits per heavy atom. The van der Waals surface area contributed by atoms with Gasteiger partial charge in [-0.2, -0.15) is 0 Å². The van der Waals surface area contributed by atoms with Gasteiger partial charge in [-0.3, -0.25) is 0 Å². The van der Waals surface area contributed by atoms with Crippen LogP contribution in [-0.2, 0) is 6.42 Å². The van der Waals surface area contributed by atoms with Crippen molar-refractivity contribution in [3.05, 3.63) is 16.1 Å². The maximum Gasteiger partial charge on any atom is 0.256 e. The van der Waals surface area contributed by atoms with Crippen molar-refractivity contribution < 1.29 is 8.78 Å². The first kappa shape index (κ1) is 10.5. The van der Waals surface area contributed by atoms with Gasteiger partial charge in [-0.15, -0.1) is 11.3 Å². The van der Waals surface area contributed by atoms with Crippen LogP contribution in [0.2, 0.25) is 0 Å². The van der Waals surface area contributed by atoms with Gasteiger partial charge < -0.3 is 5.73 Å². The van der Waals surface area contributed by atoms with E-state index in [2.05, 4.69) is 4.98 Å². The molecule has 0 bridgehead atoms. The van der Waals surface area contributed by atoms with Gasteiger partial charge in [-0.1, -0.05) is 0 Å². The van der Waals surface area contributed by atoms with E-state index >= 15 is 0 Å². The third kappa shape index (κ3) is 2.45. The molecule has 1 aromatic rings. The number of hydrogen-bond donors (Lipinski definition) is 1. The Bertz CT molecular complexity index is 283. The molecule has 0 radical (unpaired) electrons. The average molecular weight is 206 g/mol. The number of aryl methyl sites for hydroxylation is 1. The second-order valence-electron chi connectivity index (χ2n) is 3.34. The number of nitrogens with two attached hydrogens (primary N) is 1. The van der Waals surface area contributed by atoms with Crippen molar-refractivity contribution in [2.24, 2.45) is 5.73 Å². The minimum atomic E-state index is -2.51. The number of thiazole rings is 1. The quantitative estimate of drug-likeness (QED) is 0.821. The summed E-state index contributed by atoms with van der Waals surface area (Å²) in [5.41, 5.74) is 6.44. The standard InChI is InChI=1S/C8H12F2N2S/c1-5-6(13-4-12-5)3-8(2,11)7(9)10/h4,7H,3,11H2,1-2H3. The maximum absolute atomic E-state index is 12.4. The molecule has 1 aromatic heterocycles. The monoisotopic (exact) mass is 206 g/mol. The number of rotatable bonds is 3. The fourth-order valence-corrected chi connectivity index (χ4v) is 1.87. The number of aromatic nitrogens is 1. The zero-order valence-corrected chi connectivity index (χ0v) is 8.37. The predicted octanol–water partition coefficient (Wildman–Crippen LogP) is 1.98. The molecule has 0 amide bonds. The normalized spacial score (nSPS) is 16.2. The molecule has 0 saturated carbocycles. The summed E-state index contributed by atoms with van der Waals surface area (Å²) in [6.07, 6.45) is -2.32. The van der Waals surface area contributed by atoms with Crippen molar-refractivity contribution in [1.29, 1.82) is 0 Å². The third-order valence-corrected chi connectivity index (χ3v) is 2.82. The first-order valence-corrected chi connectivity index (χ1v) is 4.77. The highest BCUT2D eigenvalue weighted by molar-refractivity contribution is 7.09. The minimum Gasteiger partial charge on any atom is -0.320 e. The van der Waals surface area contributed by atoms with Crippen LogP contribution >= 0.6 is 11.3 Å². The Hall–Kier alpha value is -0.550. The van der Waals surface area contributed by atoms with Crippen molar-refractivity contribution in [3.8, 4) is 0 Å². The number of nitrogens with zero attached hydrogens (tertiary/aromatic N) is 1. The zero-order chi connectivity index (χ0) is 10.1. The van der Waals surface area contributed by atoms with E-state index < -0.39 is 12.0 Å². The second kappa shape index (κ2) is 3.67. The van der Waals surface area contributed by atoms with E-state index in [-0.39, 0.29) is 6.42 Å². The number of halogens is 2. The molecule has 13 heavy (non-hydrogen) atoms. The lowest BCUT2D eigenvalue weighted by Gasteiger charge is -2.22. The van der Waals surface area contributed by atoms with Crippen molar-refractivity contribution >= 4 is 11.3 Å². The molecule has 74 valence electrons. The molecule has 0 spiro atoms. The topological polar surface area (TPSA) is 38.9 Å². The molecule has 1 heterocycles. The highest BCUT2D eigenvalue weighted by Crippen LogP contribution is 2.22. The Kier molecular flexibility index (Phi) is 2.98. The molecule has 0 aliphatic heterocycles. The lowest BCUT2D eigenvalue weighted by molar-refractivity contribution is 0.0643. The summed E-state index contributed by atoms with van der Waals surface area (Å²) in [7, 11) is 0. The van der Waals surface area contributed by atoms with Crippen LogP contribution in [0.3, 0.4) is 0 Å². The average Bonchev–Trinajstić information content (AvgIpc) is 2.35. The van der Waals surface area contributed by atoms with Gasteiger partial charge in [0.1, 0.15) is 0 Å². The fourth-order valence-electron chi connectivity index (χ4n) is 0.919. The van der Waals surface area contributed by atoms with E-state index in [1.165, 1.54) is 18.3 Å². The molecule has 5 heteroatoms. The first-order valence-electron chi connectivity index (χ1n) is 3.89. The first-order chi connectivity index (χ1) is 5.93. The van der Waals surface area contributed by atoms with Crippen LogP contribution in [0.25, 0.3) is 0 Å². The zero-order valence-electron chi connectivity index (χ0n) is 7.55. The van der Waals surface area contributed by atoms with Gasteiger partial charge in [0.15, 0.2) is 0 Å². The summed E-state index contributed by atoms with van der Waals surface area (Å²) in [6, 6.07) is 0. The molecule has 1 atom stereocenters. The maximum atomic E-state index is 12.4. The second-order valence-corrected chi connectivity index (χ2v) is 4.28. The summed E-state index contributed by atoms with van der Waals surface area (Å²) in [5.74, 6) is 0. The van der Waals surface area contributed by atoms with Crippen molar-refractivity contribution in [3.63, 3.8) is 0 Å². The van der Waals surface area contributed by atoms with Gasteiger partial charge in [0, 0.05) is 11.3 Å². The third-order valence-electron chi connectivity index (χ3n) is 1.88. The molecule has 1 unspecified atom stereocenters. The van der Waals surface area contributed by atoms with E-state index in [0.29, 0.717) is 0 Å². The van der Waals surface area contributed by atoms with Gasteiger partial charge in [-0.05, 0) is 13.8 Å². The van der Waals surface area contributed by atoms with Crippen molar-refractivity contribution in [1.82, 2.24) is 4.98 Å². The van der Waals surface area contributed by atoms with E-state index in [4.69, 9.17) is 5.73 Å². The predicted molar refractivity (Wildman–Crippen MR) is 49.2 cm³/mol. The Morgan fingerprint density at radius 3 is 2.69 bits per heavy atom. The Balaban J connectivity index is 2.74. The molecular weight excluding hydrogens is 194 g/mol. The van der Waals surface area contributed by atoms with E-state index in [0.717, 1.165) is 10.6 Å². The van der Waals surface area contributed by atoms with Crippen molar-refractivity contribution in [2.45, 2.75) is 32.2 Å². The van der Waals surface area contributed by atoms with Crippen LogP contribution in [0.1, 0.15) is 17.5 Å². The largest absolute Gasteiger partial charge is 0.320 e. The van der Waals surface area contributed by atoms with Crippen LogP contribution in [0, 0.1) is 6.92 Å². The minimum absolute atomic E-state index is 0.182. The lowest BCUT2D eigenvalue weighted by atomic mass is 9.98. The van der Waals surface area contributed by atoms with Gasteiger partial charge >= 0.3 is 0 Å². The summed E-state index contributed by atoms with van der Waals surface area (Å²) in [5, 5.41) is 0. The van der Waals surface area contributed by atoms with E-state index in [9.17, 15) is 8.78 Å². The van der Waals surface area contributed by atoms with Gasteiger partial charge in [0.05, 0.1) is 16.7 Å².